The van der Waals surface area contributed by atoms with Crippen molar-refractivity contribution in [3.8, 4) is 0 Å². The van der Waals surface area contributed by atoms with E-state index in [1.54, 1.807) is 0 Å². The van der Waals surface area contributed by atoms with Crippen molar-refractivity contribution in [2.75, 3.05) is 11.5 Å². The summed E-state index contributed by atoms with van der Waals surface area (Å²) in [7, 11) is -2.80. The Balaban J connectivity index is 2.01. The molecule has 20 heavy (non-hydrogen) atoms. The highest BCUT2D eigenvalue weighted by Crippen LogP contribution is 2.29. The summed E-state index contributed by atoms with van der Waals surface area (Å²) >= 11 is 0. The highest BCUT2D eigenvalue weighted by atomic mass is 32.2. The van der Waals surface area contributed by atoms with Gasteiger partial charge in [0.05, 0.1) is 11.5 Å². The van der Waals surface area contributed by atoms with Crippen LogP contribution in [0.2, 0.25) is 0 Å². The van der Waals surface area contributed by atoms with Gasteiger partial charge in [-0.15, -0.1) is 0 Å². The van der Waals surface area contributed by atoms with Crippen LogP contribution in [0.3, 0.4) is 0 Å². The van der Waals surface area contributed by atoms with Crippen molar-refractivity contribution in [2.24, 2.45) is 11.7 Å². The molecular weight excluding hydrogens is 270 g/mol. The summed E-state index contributed by atoms with van der Waals surface area (Å²) in [6, 6.07) is 8.34. The minimum absolute atomic E-state index is 0.0673. The Labute approximate surface area is 122 Å². The Morgan fingerprint density at radius 1 is 1.25 bits per heavy atom. The molecule has 4 heteroatoms. The summed E-state index contributed by atoms with van der Waals surface area (Å²) in [6.45, 7) is 6.56. The summed E-state index contributed by atoms with van der Waals surface area (Å²) in [6.07, 6.45) is 1.52. The number of benzene rings is 1. The fourth-order valence-corrected chi connectivity index (χ4v) is 4.66. The molecule has 0 radical (unpaired) electrons. The lowest BCUT2D eigenvalue weighted by atomic mass is 9.85. The molecule has 2 atom stereocenters. The molecule has 1 saturated heterocycles. The van der Waals surface area contributed by atoms with Crippen molar-refractivity contribution < 1.29 is 8.42 Å². The second-order valence-electron chi connectivity index (χ2n) is 6.98. The molecule has 1 aliphatic heterocycles. The van der Waals surface area contributed by atoms with E-state index in [0.717, 1.165) is 18.4 Å². The highest BCUT2D eigenvalue weighted by Gasteiger charge is 2.29. The number of hydrogen-bond acceptors (Lipinski definition) is 3. The number of sulfone groups is 1. The Hall–Kier alpha value is -0.870. The van der Waals surface area contributed by atoms with Gasteiger partial charge in [-0.3, -0.25) is 0 Å². The van der Waals surface area contributed by atoms with Gasteiger partial charge in [-0.1, -0.05) is 45.0 Å². The molecule has 1 heterocycles. The van der Waals surface area contributed by atoms with E-state index in [1.165, 1.54) is 5.56 Å². The first-order valence-electron chi connectivity index (χ1n) is 7.24. The van der Waals surface area contributed by atoms with Gasteiger partial charge in [-0.2, -0.15) is 0 Å². The summed E-state index contributed by atoms with van der Waals surface area (Å²) in [4.78, 5) is 0. The lowest BCUT2D eigenvalue weighted by Crippen LogP contribution is -2.17. The van der Waals surface area contributed by atoms with Crippen LogP contribution in [0.25, 0.3) is 0 Å². The van der Waals surface area contributed by atoms with E-state index in [9.17, 15) is 8.42 Å². The van der Waals surface area contributed by atoms with Crippen LogP contribution in [-0.4, -0.2) is 19.9 Å². The molecule has 112 valence electrons. The lowest BCUT2D eigenvalue weighted by molar-refractivity contribution is 0.481. The van der Waals surface area contributed by atoms with Gasteiger partial charge >= 0.3 is 0 Å². The van der Waals surface area contributed by atoms with E-state index in [2.05, 4.69) is 45.0 Å². The SMILES string of the molecule is CC(C)(C)c1ccc(C(N)CC2CCS(=O)(=O)C2)cc1. The van der Waals surface area contributed by atoms with Crippen molar-refractivity contribution in [1.29, 1.82) is 0 Å². The van der Waals surface area contributed by atoms with Gasteiger partial charge in [0.25, 0.3) is 0 Å². The quantitative estimate of drug-likeness (QED) is 0.932. The zero-order chi connectivity index (χ0) is 15.0. The number of nitrogens with two attached hydrogens (primary N) is 1. The molecule has 1 aliphatic rings. The zero-order valence-corrected chi connectivity index (χ0v) is 13.4. The molecule has 0 amide bonds. The molecule has 0 aliphatic carbocycles. The second kappa shape index (κ2) is 5.49. The monoisotopic (exact) mass is 295 g/mol. The van der Waals surface area contributed by atoms with Crippen molar-refractivity contribution in [1.82, 2.24) is 0 Å². The molecule has 1 aromatic rings. The van der Waals surface area contributed by atoms with Crippen LogP contribution >= 0.6 is 0 Å². The summed E-state index contributed by atoms with van der Waals surface area (Å²) in [5.74, 6) is 0.853. The van der Waals surface area contributed by atoms with Crippen molar-refractivity contribution in [3.63, 3.8) is 0 Å². The van der Waals surface area contributed by atoms with Gasteiger partial charge < -0.3 is 5.73 Å². The van der Waals surface area contributed by atoms with E-state index in [4.69, 9.17) is 5.73 Å². The van der Waals surface area contributed by atoms with E-state index in [0.29, 0.717) is 11.5 Å². The van der Waals surface area contributed by atoms with E-state index >= 15 is 0 Å². The molecular formula is C16H25NO2S. The van der Waals surface area contributed by atoms with E-state index in [-0.39, 0.29) is 17.4 Å². The molecule has 0 aromatic heterocycles. The Kier molecular flexibility index (Phi) is 4.26. The van der Waals surface area contributed by atoms with Crippen molar-refractivity contribution >= 4 is 9.84 Å². The average Bonchev–Trinajstić information content (AvgIpc) is 2.67. The first kappa shape index (κ1) is 15.5. The molecule has 2 unspecified atom stereocenters. The van der Waals surface area contributed by atoms with Gasteiger partial charge in [-0.05, 0) is 35.3 Å². The smallest absolute Gasteiger partial charge is 0.150 e. The maximum absolute atomic E-state index is 11.5. The molecule has 0 saturated carbocycles. The zero-order valence-electron chi connectivity index (χ0n) is 12.6. The molecule has 2 N–H and O–H groups in total. The first-order valence-corrected chi connectivity index (χ1v) is 9.06. The van der Waals surface area contributed by atoms with Crippen LogP contribution < -0.4 is 5.73 Å². The molecule has 3 nitrogen and oxygen atoms in total. The van der Waals surface area contributed by atoms with Gasteiger partial charge in [0, 0.05) is 6.04 Å². The van der Waals surface area contributed by atoms with Crippen LogP contribution in [0.5, 0.6) is 0 Å². The lowest BCUT2D eigenvalue weighted by Gasteiger charge is -2.21. The predicted molar refractivity (Wildman–Crippen MR) is 83.4 cm³/mol. The van der Waals surface area contributed by atoms with Crippen LogP contribution in [0.15, 0.2) is 24.3 Å². The third-order valence-corrected chi connectivity index (χ3v) is 5.96. The van der Waals surface area contributed by atoms with Crippen molar-refractivity contribution in [3.05, 3.63) is 35.4 Å². The van der Waals surface area contributed by atoms with E-state index in [1.807, 2.05) is 0 Å². The summed E-state index contributed by atoms with van der Waals surface area (Å²) in [5, 5.41) is 0. The fraction of sp³-hybridized carbons (Fsp3) is 0.625. The van der Waals surface area contributed by atoms with E-state index < -0.39 is 9.84 Å². The summed E-state index contributed by atoms with van der Waals surface area (Å²) < 4.78 is 22.9. The van der Waals surface area contributed by atoms with Crippen LogP contribution in [0, 0.1) is 5.92 Å². The Morgan fingerprint density at radius 3 is 2.30 bits per heavy atom. The van der Waals surface area contributed by atoms with Crippen molar-refractivity contribution in [2.45, 2.75) is 45.1 Å². The minimum atomic E-state index is -2.80. The molecule has 2 rings (SSSR count). The van der Waals surface area contributed by atoms with Gasteiger partial charge in [0.15, 0.2) is 9.84 Å². The predicted octanol–water partition coefficient (Wildman–Crippen LogP) is 2.81. The maximum Gasteiger partial charge on any atom is 0.150 e. The molecule has 1 fully saturated rings. The molecule has 0 bridgehead atoms. The third kappa shape index (κ3) is 3.83. The van der Waals surface area contributed by atoms with Gasteiger partial charge in [0.2, 0.25) is 0 Å². The van der Waals surface area contributed by atoms with Crippen LogP contribution in [0.4, 0.5) is 0 Å². The van der Waals surface area contributed by atoms with Crippen LogP contribution in [0.1, 0.15) is 50.8 Å². The van der Waals surface area contributed by atoms with Gasteiger partial charge in [0.1, 0.15) is 0 Å². The summed E-state index contributed by atoms with van der Waals surface area (Å²) in [5.41, 5.74) is 8.76. The minimum Gasteiger partial charge on any atom is -0.324 e. The fourth-order valence-electron chi connectivity index (χ4n) is 2.78. The van der Waals surface area contributed by atoms with Gasteiger partial charge in [-0.25, -0.2) is 8.42 Å². The molecule has 1 aromatic carbocycles. The average molecular weight is 295 g/mol. The second-order valence-corrected chi connectivity index (χ2v) is 9.21. The normalized spacial score (nSPS) is 23.7. The topological polar surface area (TPSA) is 60.2 Å². The molecule has 0 spiro atoms. The maximum atomic E-state index is 11.5. The number of hydrogen-bond donors (Lipinski definition) is 1. The third-order valence-electron chi connectivity index (χ3n) is 4.12. The Bertz CT molecular complexity index is 555. The first-order chi connectivity index (χ1) is 9.17. The standard InChI is InChI=1S/C16H25NO2S/c1-16(2,3)14-6-4-13(5-7-14)15(17)10-12-8-9-20(18,19)11-12/h4-7,12,15H,8-11,17H2,1-3H3. The number of rotatable bonds is 3. The Morgan fingerprint density at radius 2 is 1.85 bits per heavy atom. The largest absolute Gasteiger partial charge is 0.324 e. The van der Waals surface area contributed by atoms with Crippen LogP contribution in [-0.2, 0) is 15.3 Å². The highest BCUT2D eigenvalue weighted by molar-refractivity contribution is 7.91.